The van der Waals surface area contributed by atoms with Gasteiger partial charge in [-0.2, -0.15) is 13.2 Å². The standard InChI is InChI=1S/C23H21F3N4O4/c1-30(2)21(32)17-12-16(7-8-18(17)27)34-15-5-3-4-14(11-15)28-22(33)29-19-10-13(23(24,25)26)6-9-20(19)31/h3-12,31H,27H2,1-2H3,(H2,28,29,33). The smallest absolute Gasteiger partial charge is 0.416 e. The van der Waals surface area contributed by atoms with Crippen molar-refractivity contribution in [2.24, 2.45) is 0 Å². The number of hydrogen-bond acceptors (Lipinski definition) is 5. The zero-order chi connectivity index (χ0) is 25.0. The van der Waals surface area contributed by atoms with Gasteiger partial charge in [-0.05, 0) is 48.5 Å². The van der Waals surface area contributed by atoms with Crippen LogP contribution >= 0.6 is 0 Å². The van der Waals surface area contributed by atoms with Gasteiger partial charge in [0, 0.05) is 31.5 Å². The van der Waals surface area contributed by atoms with Crippen LogP contribution in [0.3, 0.4) is 0 Å². The predicted octanol–water partition coefficient (Wildman–Crippen LogP) is 5.13. The number of halogens is 3. The van der Waals surface area contributed by atoms with Gasteiger partial charge >= 0.3 is 12.2 Å². The molecule has 3 aromatic carbocycles. The monoisotopic (exact) mass is 474 g/mol. The molecule has 3 aromatic rings. The molecule has 178 valence electrons. The molecule has 5 N–H and O–H groups in total. The van der Waals surface area contributed by atoms with Crippen LogP contribution in [0.5, 0.6) is 17.2 Å². The van der Waals surface area contributed by atoms with Crippen LogP contribution in [0.4, 0.5) is 35.0 Å². The van der Waals surface area contributed by atoms with Crippen molar-refractivity contribution in [1.29, 1.82) is 0 Å². The third kappa shape index (κ3) is 5.88. The average Bonchev–Trinajstić information content (AvgIpc) is 2.75. The Hall–Kier alpha value is -4.41. The Kier molecular flexibility index (Phi) is 6.85. The number of hydrogen-bond donors (Lipinski definition) is 4. The third-order valence-corrected chi connectivity index (χ3v) is 4.56. The first-order valence-corrected chi connectivity index (χ1v) is 9.81. The lowest BCUT2D eigenvalue weighted by molar-refractivity contribution is -0.137. The Bertz CT molecular complexity index is 1230. The number of carbonyl (C=O) groups is 2. The number of ether oxygens (including phenoxy) is 1. The summed E-state index contributed by atoms with van der Waals surface area (Å²) in [7, 11) is 3.18. The Balaban J connectivity index is 1.73. The number of nitrogen functional groups attached to an aromatic ring is 1. The first-order chi connectivity index (χ1) is 15.9. The summed E-state index contributed by atoms with van der Waals surface area (Å²) in [6.07, 6.45) is -4.63. The van der Waals surface area contributed by atoms with Gasteiger partial charge < -0.3 is 31.1 Å². The molecule has 0 heterocycles. The molecule has 3 rings (SSSR count). The van der Waals surface area contributed by atoms with E-state index in [1.54, 1.807) is 32.3 Å². The third-order valence-electron chi connectivity index (χ3n) is 4.56. The molecule has 8 nitrogen and oxygen atoms in total. The highest BCUT2D eigenvalue weighted by molar-refractivity contribution is 6.01. The number of phenols is 1. The van der Waals surface area contributed by atoms with Gasteiger partial charge in [0.05, 0.1) is 16.8 Å². The number of nitrogens with two attached hydrogens (primary N) is 1. The van der Waals surface area contributed by atoms with E-state index in [1.807, 2.05) is 0 Å². The van der Waals surface area contributed by atoms with Crippen LogP contribution in [-0.2, 0) is 6.18 Å². The van der Waals surface area contributed by atoms with Gasteiger partial charge in [-0.15, -0.1) is 0 Å². The van der Waals surface area contributed by atoms with Gasteiger partial charge in [0.25, 0.3) is 5.91 Å². The maximum absolute atomic E-state index is 12.9. The SMILES string of the molecule is CN(C)C(=O)c1cc(Oc2cccc(NC(=O)Nc3cc(C(F)(F)F)ccc3O)c2)ccc1N. The number of amides is 3. The van der Waals surface area contributed by atoms with Crippen molar-refractivity contribution in [1.82, 2.24) is 4.90 Å². The molecule has 0 atom stereocenters. The minimum atomic E-state index is -4.63. The van der Waals surface area contributed by atoms with Crippen LogP contribution in [0, 0.1) is 0 Å². The van der Waals surface area contributed by atoms with Gasteiger partial charge in [-0.1, -0.05) is 6.07 Å². The Morgan fingerprint density at radius 3 is 2.35 bits per heavy atom. The predicted molar refractivity (Wildman–Crippen MR) is 121 cm³/mol. The topological polar surface area (TPSA) is 117 Å². The van der Waals surface area contributed by atoms with Gasteiger partial charge in [0.2, 0.25) is 0 Å². The lowest BCUT2D eigenvalue weighted by Crippen LogP contribution is -2.22. The van der Waals surface area contributed by atoms with Gasteiger partial charge in [-0.25, -0.2) is 4.79 Å². The molecule has 0 fully saturated rings. The fraction of sp³-hybridized carbons (Fsp3) is 0.130. The van der Waals surface area contributed by atoms with Crippen LogP contribution in [0.1, 0.15) is 15.9 Å². The van der Waals surface area contributed by atoms with E-state index in [9.17, 15) is 27.9 Å². The summed E-state index contributed by atoms with van der Waals surface area (Å²) < 4.78 is 44.4. The molecule has 0 radical (unpaired) electrons. The summed E-state index contributed by atoms with van der Waals surface area (Å²) in [5.41, 5.74) is 5.26. The van der Waals surface area contributed by atoms with E-state index in [2.05, 4.69) is 10.6 Å². The fourth-order valence-corrected chi connectivity index (χ4v) is 2.90. The molecule has 0 aliphatic heterocycles. The molecule has 0 aliphatic rings. The summed E-state index contributed by atoms with van der Waals surface area (Å²) in [6.45, 7) is 0. The number of nitrogens with one attached hydrogen (secondary N) is 2. The van der Waals surface area contributed by atoms with Crippen molar-refractivity contribution < 1.29 is 32.6 Å². The average molecular weight is 474 g/mol. The molecule has 0 unspecified atom stereocenters. The molecule has 0 spiro atoms. The van der Waals surface area contributed by atoms with Crippen molar-refractivity contribution in [2.75, 3.05) is 30.5 Å². The number of benzene rings is 3. The van der Waals surface area contributed by atoms with Crippen molar-refractivity contribution >= 4 is 29.0 Å². The second-order valence-corrected chi connectivity index (χ2v) is 7.39. The number of phenolic OH excluding ortho intramolecular Hbond substituents is 1. The summed E-state index contributed by atoms with van der Waals surface area (Å²) in [5.74, 6) is -0.179. The Morgan fingerprint density at radius 1 is 0.971 bits per heavy atom. The Morgan fingerprint density at radius 2 is 1.68 bits per heavy atom. The van der Waals surface area contributed by atoms with Crippen LogP contribution in [-0.4, -0.2) is 36.0 Å². The maximum atomic E-state index is 12.9. The van der Waals surface area contributed by atoms with Crippen LogP contribution in [0.2, 0.25) is 0 Å². The zero-order valence-corrected chi connectivity index (χ0v) is 18.1. The molecule has 0 bridgehead atoms. The second kappa shape index (κ2) is 9.61. The van der Waals surface area contributed by atoms with Gasteiger partial charge in [-0.3, -0.25) is 4.79 Å². The molecular formula is C23H21F3N4O4. The summed E-state index contributed by atoms with van der Waals surface area (Å²) in [5, 5.41) is 14.4. The van der Waals surface area contributed by atoms with Crippen molar-refractivity contribution in [3.8, 4) is 17.2 Å². The number of aromatic hydroxyl groups is 1. The van der Waals surface area contributed by atoms with E-state index in [1.165, 1.54) is 29.2 Å². The van der Waals surface area contributed by atoms with Gasteiger partial charge in [0.1, 0.15) is 17.2 Å². The number of carbonyl (C=O) groups excluding carboxylic acids is 2. The Labute approximate surface area is 192 Å². The van der Waals surface area contributed by atoms with E-state index in [0.29, 0.717) is 23.6 Å². The summed E-state index contributed by atoms with van der Waals surface area (Å²) in [6, 6.07) is 12.1. The fourth-order valence-electron chi connectivity index (χ4n) is 2.90. The van der Waals surface area contributed by atoms with Crippen molar-refractivity contribution in [3.05, 3.63) is 71.8 Å². The molecule has 0 saturated carbocycles. The number of anilines is 3. The minimum Gasteiger partial charge on any atom is -0.506 e. The van der Waals surface area contributed by atoms with Crippen LogP contribution < -0.4 is 21.1 Å². The minimum absolute atomic E-state index is 0.261. The molecule has 0 aliphatic carbocycles. The van der Waals surface area contributed by atoms with Gasteiger partial charge in [0.15, 0.2) is 0 Å². The number of nitrogens with zero attached hydrogens (tertiary/aromatic N) is 1. The van der Waals surface area contributed by atoms with Crippen molar-refractivity contribution in [2.45, 2.75) is 6.18 Å². The van der Waals surface area contributed by atoms with Crippen LogP contribution in [0.25, 0.3) is 0 Å². The second-order valence-electron chi connectivity index (χ2n) is 7.39. The first kappa shape index (κ1) is 24.2. The highest BCUT2D eigenvalue weighted by Gasteiger charge is 2.31. The molecule has 3 amide bonds. The summed E-state index contributed by atoms with van der Waals surface area (Å²) >= 11 is 0. The maximum Gasteiger partial charge on any atom is 0.416 e. The molecule has 0 saturated heterocycles. The molecule has 34 heavy (non-hydrogen) atoms. The first-order valence-electron chi connectivity index (χ1n) is 9.81. The number of alkyl halides is 3. The highest BCUT2D eigenvalue weighted by atomic mass is 19.4. The number of rotatable bonds is 5. The van der Waals surface area contributed by atoms with Crippen LogP contribution in [0.15, 0.2) is 60.7 Å². The normalized spacial score (nSPS) is 11.0. The van der Waals surface area contributed by atoms with Crippen molar-refractivity contribution in [3.63, 3.8) is 0 Å². The summed E-state index contributed by atoms with van der Waals surface area (Å²) in [4.78, 5) is 25.9. The van der Waals surface area contributed by atoms with E-state index >= 15 is 0 Å². The van der Waals surface area contributed by atoms with E-state index in [0.717, 1.165) is 6.07 Å². The molecule has 11 heteroatoms. The van der Waals surface area contributed by atoms with E-state index in [-0.39, 0.29) is 22.8 Å². The largest absolute Gasteiger partial charge is 0.506 e. The number of urea groups is 1. The molecular weight excluding hydrogens is 453 g/mol. The lowest BCUT2D eigenvalue weighted by Gasteiger charge is -2.14. The quantitative estimate of drug-likeness (QED) is 0.302. The zero-order valence-electron chi connectivity index (χ0n) is 18.1. The molecule has 0 aromatic heterocycles. The van der Waals surface area contributed by atoms with E-state index < -0.39 is 29.2 Å². The highest BCUT2D eigenvalue weighted by Crippen LogP contribution is 2.34. The lowest BCUT2D eigenvalue weighted by atomic mass is 10.1. The van der Waals surface area contributed by atoms with E-state index in [4.69, 9.17) is 10.5 Å².